The largest absolute Gasteiger partial charge is 0.493 e. The summed E-state index contributed by atoms with van der Waals surface area (Å²) in [6, 6.07) is 6.70. The second kappa shape index (κ2) is 9.15. The number of ether oxygens (including phenoxy) is 1. The van der Waals surface area contributed by atoms with Crippen LogP contribution in [-0.4, -0.2) is 43.0 Å². The SMILES string of the molecule is CC(C)C(N)CCN(C)C(=O)CCOc1cccc(C(N)=O)c1. The number of benzene rings is 1. The molecule has 0 radical (unpaired) electrons. The van der Waals surface area contributed by atoms with Gasteiger partial charge in [-0.15, -0.1) is 0 Å². The maximum Gasteiger partial charge on any atom is 0.248 e. The molecule has 0 fully saturated rings. The van der Waals surface area contributed by atoms with E-state index in [-0.39, 0.29) is 25.0 Å². The summed E-state index contributed by atoms with van der Waals surface area (Å²) in [7, 11) is 1.77. The number of nitrogens with zero attached hydrogens (tertiary/aromatic N) is 1. The van der Waals surface area contributed by atoms with Gasteiger partial charge in [-0.25, -0.2) is 0 Å². The van der Waals surface area contributed by atoms with Gasteiger partial charge in [0.05, 0.1) is 13.0 Å². The van der Waals surface area contributed by atoms with Crippen LogP contribution in [0, 0.1) is 5.92 Å². The molecule has 128 valence electrons. The van der Waals surface area contributed by atoms with Crippen LogP contribution >= 0.6 is 0 Å². The summed E-state index contributed by atoms with van der Waals surface area (Å²) in [4.78, 5) is 24.8. The molecule has 1 aromatic carbocycles. The lowest BCUT2D eigenvalue weighted by molar-refractivity contribution is -0.130. The van der Waals surface area contributed by atoms with E-state index in [0.29, 0.717) is 23.8 Å². The molecule has 4 N–H and O–H groups in total. The Hall–Kier alpha value is -2.08. The molecule has 23 heavy (non-hydrogen) atoms. The van der Waals surface area contributed by atoms with Crippen molar-refractivity contribution >= 4 is 11.8 Å². The lowest BCUT2D eigenvalue weighted by Gasteiger charge is -2.21. The number of primary amides is 1. The van der Waals surface area contributed by atoms with Crippen molar-refractivity contribution in [2.45, 2.75) is 32.7 Å². The van der Waals surface area contributed by atoms with Crippen LogP contribution in [0.1, 0.15) is 37.0 Å². The number of hydrogen-bond acceptors (Lipinski definition) is 4. The van der Waals surface area contributed by atoms with E-state index in [1.807, 2.05) is 0 Å². The third-order valence-electron chi connectivity index (χ3n) is 3.78. The van der Waals surface area contributed by atoms with Crippen molar-refractivity contribution in [1.29, 1.82) is 0 Å². The van der Waals surface area contributed by atoms with Crippen LogP contribution in [0.15, 0.2) is 24.3 Å². The Kier molecular flexibility index (Phi) is 7.54. The van der Waals surface area contributed by atoms with Crippen molar-refractivity contribution in [3.8, 4) is 5.75 Å². The summed E-state index contributed by atoms with van der Waals surface area (Å²) < 4.78 is 5.50. The average molecular weight is 321 g/mol. The van der Waals surface area contributed by atoms with E-state index in [1.54, 1.807) is 36.2 Å². The van der Waals surface area contributed by atoms with Gasteiger partial charge >= 0.3 is 0 Å². The lowest BCUT2D eigenvalue weighted by atomic mass is 10.0. The fourth-order valence-corrected chi connectivity index (χ4v) is 1.99. The smallest absolute Gasteiger partial charge is 0.248 e. The van der Waals surface area contributed by atoms with Crippen molar-refractivity contribution < 1.29 is 14.3 Å². The van der Waals surface area contributed by atoms with Crippen molar-refractivity contribution in [2.24, 2.45) is 17.4 Å². The molecule has 0 aliphatic heterocycles. The third-order valence-corrected chi connectivity index (χ3v) is 3.78. The fraction of sp³-hybridized carbons (Fsp3) is 0.529. The van der Waals surface area contributed by atoms with E-state index in [1.165, 1.54) is 0 Å². The zero-order valence-corrected chi connectivity index (χ0v) is 14.1. The first-order valence-electron chi connectivity index (χ1n) is 7.83. The Morgan fingerprint density at radius 3 is 2.61 bits per heavy atom. The van der Waals surface area contributed by atoms with E-state index < -0.39 is 5.91 Å². The highest BCUT2D eigenvalue weighted by Crippen LogP contribution is 2.13. The number of rotatable bonds is 9. The molecule has 2 amide bonds. The fourth-order valence-electron chi connectivity index (χ4n) is 1.99. The summed E-state index contributed by atoms with van der Waals surface area (Å²) in [5.74, 6) is 0.428. The van der Waals surface area contributed by atoms with Crippen molar-refractivity contribution in [3.63, 3.8) is 0 Å². The molecule has 1 rings (SSSR count). The predicted octanol–water partition coefficient (Wildman–Crippen LogP) is 1.39. The van der Waals surface area contributed by atoms with Crippen LogP contribution in [0.5, 0.6) is 5.75 Å². The van der Waals surface area contributed by atoms with Gasteiger partial charge in [0.25, 0.3) is 0 Å². The molecule has 1 unspecified atom stereocenters. The lowest BCUT2D eigenvalue weighted by Crippen LogP contribution is -2.35. The Labute approximate surface area is 137 Å². The third kappa shape index (κ3) is 6.69. The molecule has 6 heteroatoms. The van der Waals surface area contributed by atoms with Crippen molar-refractivity contribution in [2.75, 3.05) is 20.2 Å². The van der Waals surface area contributed by atoms with Crippen LogP contribution < -0.4 is 16.2 Å². The topological polar surface area (TPSA) is 98.7 Å². The molecule has 1 atom stereocenters. The van der Waals surface area contributed by atoms with Gasteiger partial charge in [-0.2, -0.15) is 0 Å². The van der Waals surface area contributed by atoms with Crippen LogP contribution in [0.25, 0.3) is 0 Å². The summed E-state index contributed by atoms with van der Waals surface area (Å²) in [5, 5.41) is 0. The molecular weight excluding hydrogens is 294 g/mol. The standard InChI is InChI=1S/C17H27N3O3/c1-12(2)15(18)7-9-20(3)16(21)8-10-23-14-6-4-5-13(11-14)17(19)22/h4-6,11-12,15H,7-10,18H2,1-3H3,(H2,19,22). The Bertz CT molecular complexity index is 532. The number of amides is 2. The molecular formula is C17H27N3O3. The van der Waals surface area contributed by atoms with Gasteiger partial charge in [0.1, 0.15) is 5.75 Å². The molecule has 0 heterocycles. The van der Waals surface area contributed by atoms with E-state index in [0.717, 1.165) is 6.42 Å². The van der Waals surface area contributed by atoms with E-state index in [9.17, 15) is 9.59 Å². The van der Waals surface area contributed by atoms with E-state index in [4.69, 9.17) is 16.2 Å². The molecule has 1 aromatic rings. The van der Waals surface area contributed by atoms with Gasteiger partial charge in [-0.05, 0) is 30.5 Å². The van der Waals surface area contributed by atoms with Crippen LogP contribution in [-0.2, 0) is 4.79 Å². The normalized spacial score (nSPS) is 12.0. The highest BCUT2D eigenvalue weighted by molar-refractivity contribution is 5.93. The zero-order chi connectivity index (χ0) is 17.4. The van der Waals surface area contributed by atoms with Gasteiger partial charge in [-0.1, -0.05) is 19.9 Å². The minimum absolute atomic E-state index is 0.00649. The number of hydrogen-bond donors (Lipinski definition) is 2. The van der Waals surface area contributed by atoms with Gasteiger partial charge in [0, 0.05) is 25.2 Å². The average Bonchev–Trinajstić information content (AvgIpc) is 2.52. The Morgan fingerprint density at radius 2 is 2.00 bits per heavy atom. The Balaban J connectivity index is 2.36. The van der Waals surface area contributed by atoms with Crippen molar-refractivity contribution in [3.05, 3.63) is 29.8 Å². The first-order chi connectivity index (χ1) is 10.8. The van der Waals surface area contributed by atoms with Gasteiger partial charge in [0.15, 0.2) is 0 Å². The van der Waals surface area contributed by atoms with Crippen LogP contribution in [0.3, 0.4) is 0 Å². The molecule has 0 bridgehead atoms. The molecule has 0 aromatic heterocycles. The van der Waals surface area contributed by atoms with Gasteiger partial charge < -0.3 is 21.1 Å². The molecule has 0 saturated heterocycles. The number of nitrogens with two attached hydrogens (primary N) is 2. The maximum absolute atomic E-state index is 12.0. The minimum Gasteiger partial charge on any atom is -0.493 e. The monoisotopic (exact) mass is 321 g/mol. The minimum atomic E-state index is -0.507. The van der Waals surface area contributed by atoms with Gasteiger partial charge in [0.2, 0.25) is 11.8 Å². The summed E-state index contributed by atoms with van der Waals surface area (Å²) in [6.45, 7) is 5.03. The number of carbonyl (C=O) groups is 2. The molecule has 0 saturated carbocycles. The maximum atomic E-state index is 12.0. The van der Waals surface area contributed by atoms with Crippen molar-refractivity contribution in [1.82, 2.24) is 4.90 Å². The Morgan fingerprint density at radius 1 is 1.30 bits per heavy atom. The first kappa shape index (κ1) is 19.0. The molecule has 6 nitrogen and oxygen atoms in total. The molecule has 0 aliphatic carbocycles. The van der Waals surface area contributed by atoms with E-state index in [2.05, 4.69) is 13.8 Å². The molecule has 0 aliphatic rings. The number of carbonyl (C=O) groups excluding carboxylic acids is 2. The summed E-state index contributed by atoms with van der Waals surface area (Å²) in [5.41, 5.74) is 11.6. The van der Waals surface area contributed by atoms with E-state index >= 15 is 0 Å². The first-order valence-corrected chi connectivity index (χ1v) is 7.83. The highest BCUT2D eigenvalue weighted by atomic mass is 16.5. The van der Waals surface area contributed by atoms with Crippen LogP contribution in [0.2, 0.25) is 0 Å². The molecule has 0 spiro atoms. The van der Waals surface area contributed by atoms with Crippen LogP contribution in [0.4, 0.5) is 0 Å². The summed E-state index contributed by atoms with van der Waals surface area (Å²) in [6.07, 6.45) is 1.05. The summed E-state index contributed by atoms with van der Waals surface area (Å²) >= 11 is 0. The second-order valence-electron chi connectivity index (χ2n) is 6.00. The predicted molar refractivity (Wildman–Crippen MR) is 90.1 cm³/mol. The second-order valence-corrected chi connectivity index (χ2v) is 6.00. The zero-order valence-electron chi connectivity index (χ0n) is 14.1. The highest BCUT2D eigenvalue weighted by Gasteiger charge is 2.13. The van der Waals surface area contributed by atoms with Gasteiger partial charge in [-0.3, -0.25) is 9.59 Å². The quantitative estimate of drug-likeness (QED) is 0.718.